The first kappa shape index (κ1) is 13.5. The summed E-state index contributed by atoms with van der Waals surface area (Å²) in [4.78, 5) is 11.2. The number of hydrogen-bond acceptors (Lipinski definition) is 4. The van der Waals surface area contributed by atoms with E-state index < -0.39 is 9.84 Å². The topological polar surface area (TPSA) is 72.5 Å². The molecule has 1 rings (SSSR count). The van der Waals surface area contributed by atoms with Gasteiger partial charge in [-0.1, -0.05) is 6.92 Å². The van der Waals surface area contributed by atoms with Gasteiger partial charge in [0.15, 0.2) is 9.84 Å². The molecular weight excluding hydrogens is 242 g/mol. The molecule has 0 spiro atoms. The lowest BCUT2D eigenvalue weighted by molar-refractivity contribution is -0.114. The highest BCUT2D eigenvalue weighted by Gasteiger charge is 2.14. The fourth-order valence-electron chi connectivity index (χ4n) is 1.33. The van der Waals surface area contributed by atoms with Gasteiger partial charge < -0.3 is 10.1 Å². The van der Waals surface area contributed by atoms with E-state index in [4.69, 9.17) is 4.74 Å². The highest BCUT2D eigenvalue weighted by molar-refractivity contribution is 7.91. The van der Waals surface area contributed by atoms with Crippen LogP contribution in [0.3, 0.4) is 0 Å². The van der Waals surface area contributed by atoms with Crippen molar-refractivity contribution in [3.63, 3.8) is 0 Å². The lowest BCUT2D eigenvalue weighted by Crippen LogP contribution is -2.09. The van der Waals surface area contributed by atoms with Gasteiger partial charge in [-0.25, -0.2) is 8.42 Å². The summed E-state index contributed by atoms with van der Waals surface area (Å²) in [5.74, 6) is 0.156. The lowest BCUT2D eigenvalue weighted by atomic mass is 10.3. The van der Waals surface area contributed by atoms with Crippen molar-refractivity contribution in [1.82, 2.24) is 0 Å². The van der Waals surface area contributed by atoms with E-state index >= 15 is 0 Å². The number of hydrogen-bond donors (Lipinski definition) is 1. The van der Waals surface area contributed by atoms with Gasteiger partial charge in [-0.15, -0.1) is 0 Å². The predicted octanol–water partition coefficient (Wildman–Crippen LogP) is 1.45. The number of carbonyl (C=O) groups is 1. The molecule has 0 aliphatic carbocycles. The Hall–Kier alpha value is -1.56. The van der Waals surface area contributed by atoms with Crippen molar-refractivity contribution in [3.8, 4) is 5.75 Å². The van der Waals surface area contributed by atoms with Crippen LogP contribution in [-0.2, 0) is 14.6 Å². The van der Waals surface area contributed by atoms with E-state index in [2.05, 4.69) is 5.32 Å². The summed E-state index contributed by atoms with van der Waals surface area (Å²) >= 11 is 0. The molecule has 0 atom stereocenters. The minimum Gasteiger partial charge on any atom is -0.495 e. The summed E-state index contributed by atoms with van der Waals surface area (Å²) in [6.45, 7) is 2.91. The SMILES string of the molecule is CCS(=O)(=O)c1ccc(OC)c(NC(C)=O)c1. The fraction of sp³-hybridized carbons (Fsp3) is 0.364. The lowest BCUT2D eigenvalue weighted by Gasteiger charge is -2.10. The Morgan fingerprint density at radius 1 is 1.41 bits per heavy atom. The van der Waals surface area contributed by atoms with Crippen LogP contribution < -0.4 is 10.1 Å². The standard InChI is InChI=1S/C11H15NO4S/c1-4-17(14,15)9-5-6-11(16-3)10(7-9)12-8(2)13/h5-7H,4H2,1-3H3,(H,12,13). The van der Waals surface area contributed by atoms with E-state index in [-0.39, 0.29) is 16.6 Å². The molecule has 0 radical (unpaired) electrons. The maximum absolute atomic E-state index is 11.7. The maximum atomic E-state index is 11.7. The van der Waals surface area contributed by atoms with Crippen LogP contribution in [0.15, 0.2) is 23.1 Å². The van der Waals surface area contributed by atoms with Gasteiger partial charge in [-0.3, -0.25) is 4.79 Å². The van der Waals surface area contributed by atoms with E-state index in [1.54, 1.807) is 6.92 Å². The molecule has 17 heavy (non-hydrogen) atoms. The molecule has 0 saturated heterocycles. The van der Waals surface area contributed by atoms with Crippen LogP contribution in [0.5, 0.6) is 5.75 Å². The van der Waals surface area contributed by atoms with Gasteiger partial charge >= 0.3 is 0 Å². The van der Waals surface area contributed by atoms with Gasteiger partial charge in [0.1, 0.15) is 5.75 Å². The second-order valence-electron chi connectivity index (χ2n) is 3.45. The summed E-state index contributed by atoms with van der Waals surface area (Å²) < 4.78 is 28.4. The first-order chi connectivity index (χ1) is 7.90. The normalized spacial score (nSPS) is 11.0. The molecule has 5 nitrogen and oxygen atoms in total. The van der Waals surface area contributed by atoms with E-state index in [1.165, 1.54) is 32.2 Å². The average molecular weight is 257 g/mol. The van der Waals surface area contributed by atoms with Crippen LogP contribution in [-0.4, -0.2) is 27.2 Å². The van der Waals surface area contributed by atoms with Crippen LogP contribution in [0.1, 0.15) is 13.8 Å². The van der Waals surface area contributed by atoms with Crippen molar-refractivity contribution < 1.29 is 17.9 Å². The quantitative estimate of drug-likeness (QED) is 0.886. The largest absolute Gasteiger partial charge is 0.495 e. The Balaban J connectivity index is 3.27. The van der Waals surface area contributed by atoms with Crippen LogP contribution in [0, 0.1) is 0 Å². The summed E-state index contributed by atoms with van der Waals surface area (Å²) in [5.41, 5.74) is 0.356. The Kier molecular flexibility index (Phi) is 4.11. The molecule has 0 bridgehead atoms. The van der Waals surface area contributed by atoms with Gasteiger partial charge in [0.2, 0.25) is 5.91 Å². The highest BCUT2D eigenvalue weighted by Crippen LogP contribution is 2.27. The minimum absolute atomic E-state index is 0.0127. The molecule has 0 aliphatic heterocycles. The molecule has 0 saturated carbocycles. The molecule has 0 unspecified atom stereocenters. The van der Waals surface area contributed by atoms with Crippen molar-refractivity contribution in [3.05, 3.63) is 18.2 Å². The molecular formula is C11H15NO4S. The number of nitrogens with one attached hydrogen (secondary N) is 1. The van der Waals surface area contributed by atoms with Gasteiger partial charge in [0, 0.05) is 6.92 Å². The van der Waals surface area contributed by atoms with Crippen molar-refractivity contribution in [1.29, 1.82) is 0 Å². The molecule has 0 heterocycles. The zero-order valence-corrected chi connectivity index (χ0v) is 10.8. The van der Waals surface area contributed by atoms with E-state index in [1.807, 2.05) is 0 Å². The van der Waals surface area contributed by atoms with Crippen LogP contribution in [0.25, 0.3) is 0 Å². The number of carbonyl (C=O) groups excluding carboxylic acids is 1. The number of sulfone groups is 1. The Labute approximate surface area is 101 Å². The molecule has 0 aliphatic rings. The Bertz CT molecular complexity index is 522. The molecule has 0 aromatic heterocycles. The zero-order chi connectivity index (χ0) is 13.1. The van der Waals surface area contributed by atoms with Crippen molar-refractivity contribution in [2.75, 3.05) is 18.2 Å². The third-order valence-electron chi connectivity index (χ3n) is 2.22. The van der Waals surface area contributed by atoms with Crippen LogP contribution in [0.4, 0.5) is 5.69 Å². The summed E-state index contributed by atoms with van der Waals surface area (Å²) in [7, 11) is -1.84. The molecule has 1 aromatic rings. The molecule has 1 N–H and O–H groups in total. The smallest absolute Gasteiger partial charge is 0.221 e. The van der Waals surface area contributed by atoms with Gasteiger partial charge in [-0.2, -0.15) is 0 Å². The molecule has 94 valence electrons. The van der Waals surface area contributed by atoms with Crippen molar-refractivity contribution >= 4 is 21.4 Å². The maximum Gasteiger partial charge on any atom is 0.221 e. The second-order valence-corrected chi connectivity index (χ2v) is 5.72. The third kappa shape index (κ3) is 3.20. The third-order valence-corrected chi connectivity index (χ3v) is 3.95. The molecule has 6 heteroatoms. The van der Waals surface area contributed by atoms with E-state index in [0.717, 1.165) is 0 Å². The Morgan fingerprint density at radius 3 is 2.53 bits per heavy atom. The number of methoxy groups -OCH3 is 1. The van der Waals surface area contributed by atoms with Crippen molar-refractivity contribution in [2.24, 2.45) is 0 Å². The van der Waals surface area contributed by atoms with Gasteiger partial charge in [-0.05, 0) is 18.2 Å². The summed E-state index contributed by atoms with van der Waals surface area (Å²) in [5, 5.41) is 2.53. The predicted molar refractivity (Wildman–Crippen MR) is 65.0 cm³/mol. The van der Waals surface area contributed by atoms with E-state index in [0.29, 0.717) is 11.4 Å². The number of anilines is 1. The first-order valence-corrected chi connectivity index (χ1v) is 6.74. The molecule has 1 amide bonds. The first-order valence-electron chi connectivity index (χ1n) is 5.09. The number of ether oxygens (including phenoxy) is 1. The Morgan fingerprint density at radius 2 is 2.06 bits per heavy atom. The highest BCUT2D eigenvalue weighted by atomic mass is 32.2. The monoisotopic (exact) mass is 257 g/mol. The fourth-order valence-corrected chi connectivity index (χ4v) is 2.24. The average Bonchev–Trinajstić information content (AvgIpc) is 2.28. The summed E-state index contributed by atoms with van der Waals surface area (Å²) in [6, 6.07) is 4.38. The van der Waals surface area contributed by atoms with Crippen molar-refractivity contribution in [2.45, 2.75) is 18.7 Å². The number of benzene rings is 1. The molecule has 1 aromatic carbocycles. The van der Waals surface area contributed by atoms with Gasteiger partial charge in [0.05, 0.1) is 23.4 Å². The summed E-state index contributed by atoms with van der Waals surface area (Å²) in [6.07, 6.45) is 0. The van der Waals surface area contributed by atoms with Crippen LogP contribution >= 0.6 is 0 Å². The van der Waals surface area contributed by atoms with Gasteiger partial charge in [0.25, 0.3) is 0 Å². The molecule has 0 fully saturated rings. The second kappa shape index (κ2) is 5.18. The van der Waals surface area contributed by atoms with E-state index in [9.17, 15) is 13.2 Å². The number of amides is 1. The zero-order valence-electron chi connectivity index (χ0n) is 9.98. The minimum atomic E-state index is -3.29. The number of rotatable bonds is 4. The van der Waals surface area contributed by atoms with Crippen LogP contribution in [0.2, 0.25) is 0 Å².